The monoisotopic (exact) mass is 623 g/mol. The van der Waals surface area contributed by atoms with Crippen molar-refractivity contribution in [3.8, 4) is 11.4 Å². The molecule has 0 aliphatic heterocycles. The van der Waals surface area contributed by atoms with E-state index >= 15 is 0 Å². The zero-order valence-electron chi connectivity index (χ0n) is 21.0. The number of rotatable bonds is 8. The van der Waals surface area contributed by atoms with Crippen LogP contribution in [0.15, 0.2) is 45.1 Å². The summed E-state index contributed by atoms with van der Waals surface area (Å²) in [6, 6.07) is 1.04. The Morgan fingerprint density at radius 3 is 2.26 bits per heavy atom. The molecule has 1 aromatic carbocycles. The molecule has 4 aromatic rings. The number of benzene rings is 1. The van der Waals surface area contributed by atoms with E-state index in [0.717, 1.165) is 16.7 Å². The van der Waals surface area contributed by atoms with Crippen molar-refractivity contribution < 1.29 is 34.6 Å². The lowest BCUT2D eigenvalue weighted by Gasteiger charge is -2.19. The maximum absolute atomic E-state index is 14.8. The van der Waals surface area contributed by atoms with E-state index in [1.165, 1.54) is 6.92 Å². The highest BCUT2D eigenvalue weighted by Gasteiger charge is 2.38. The lowest BCUT2D eigenvalue weighted by Crippen LogP contribution is -2.35. The van der Waals surface area contributed by atoms with Crippen LogP contribution >= 0.6 is 12.3 Å². The van der Waals surface area contributed by atoms with Crippen LogP contribution in [-0.4, -0.2) is 34.7 Å². The van der Waals surface area contributed by atoms with E-state index < -0.39 is 76.0 Å². The van der Waals surface area contributed by atoms with Crippen LogP contribution in [0.2, 0.25) is 0 Å². The zero-order chi connectivity index (χ0) is 31.0. The van der Waals surface area contributed by atoms with Gasteiger partial charge in [-0.2, -0.15) is 31.4 Å². The highest BCUT2D eigenvalue weighted by Crippen LogP contribution is 2.33. The van der Waals surface area contributed by atoms with Crippen LogP contribution in [0.4, 0.5) is 40.3 Å². The number of aromatic amines is 1. The van der Waals surface area contributed by atoms with Crippen LogP contribution in [0.25, 0.3) is 22.3 Å². The second kappa shape index (κ2) is 11.5. The Morgan fingerprint density at radius 2 is 1.67 bits per heavy atom. The summed E-state index contributed by atoms with van der Waals surface area (Å²) in [4.78, 5) is 46.9. The van der Waals surface area contributed by atoms with Crippen molar-refractivity contribution in [2.75, 3.05) is 5.32 Å². The van der Waals surface area contributed by atoms with E-state index in [2.05, 4.69) is 25.4 Å². The maximum atomic E-state index is 14.8. The van der Waals surface area contributed by atoms with Gasteiger partial charge in [-0.15, -0.1) is 7.97 Å². The number of alkyl halides is 6. The molecule has 0 saturated heterocycles. The number of nitrogens with one attached hydrogen (secondary N) is 2. The molecular weight excluding hydrogens is 606 g/mol. The molecule has 224 valence electrons. The van der Waals surface area contributed by atoms with Crippen molar-refractivity contribution in [3.05, 3.63) is 78.9 Å². The molecule has 0 spiro atoms. The van der Waals surface area contributed by atoms with Crippen LogP contribution in [0.1, 0.15) is 30.9 Å². The summed E-state index contributed by atoms with van der Waals surface area (Å²) in [5.74, 6) is -1.46. The largest absolute Gasteiger partial charge is 0.423 e. The number of fused-ring (bicyclic) bond motifs is 1. The Kier molecular flexibility index (Phi) is 8.42. The number of H-pyrrole nitrogens is 1. The van der Waals surface area contributed by atoms with E-state index in [1.807, 2.05) is 0 Å². The Hall–Kier alpha value is -4.29. The first-order valence-corrected chi connectivity index (χ1v) is 12.4. The molecule has 1 atom stereocenters. The predicted molar refractivity (Wildman–Crippen MR) is 135 cm³/mol. The van der Waals surface area contributed by atoms with Crippen LogP contribution in [-0.2, 0) is 18.9 Å². The third-order valence-electron chi connectivity index (χ3n) is 6.01. The second-order valence-electron chi connectivity index (χ2n) is 8.92. The average molecular weight is 623 g/mol. The topological polar surface area (TPSA) is 128 Å². The minimum Gasteiger partial charge on any atom is -0.381 e. The molecule has 0 amide bonds. The highest BCUT2D eigenvalue weighted by molar-refractivity contribution is 7.92. The summed E-state index contributed by atoms with van der Waals surface area (Å²) in [5.41, 5.74) is -7.51. The van der Waals surface area contributed by atoms with Crippen molar-refractivity contribution in [1.82, 2.24) is 28.7 Å². The van der Waals surface area contributed by atoms with E-state index in [0.29, 0.717) is 18.6 Å². The van der Waals surface area contributed by atoms with E-state index in [4.69, 9.17) is 0 Å². The summed E-state index contributed by atoms with van der Waals surface area (Å²) >= 11 is -0.797. The van der Waals surface area contributed by atoms with E-state index in [9.17, 15) is 49.0 Å². The lowest BCUT2D eigenvalue weighted by molar-refractivity contribution is -0.139. The van der Waals surface area contributed by atoms with Crippen LogP contribution < -0.4 is 22.1 Å². The van der Waals surface area contributed by atoms with Crippen LogP contribution in [0.3, 0.4) is 0 Å². The minimum absolute atomic E-state index is 0.0643. The number of aromatic nitrogens is 6. The SMILES string of the molecule is C[C@@H](CCCn1c(=O)[nH]c2cc(-c3ncc(C(F)(F)F)cn3)c(F)cc2c1=O)Nc1cnn(SF)c(=O)c1C(F)(F)F. The fourth-order valence-corrected chi connectivity index (χ4v) is 4.26. The molecule has 0 aliphatic carbocycles. The molecule has 42 heavy (non-hydrogen) atoms. The van der Waals surface area contributed by atoms with Crippen molar-refractivity contribution >= 4 is 28.9 Å². The van der Waals surface area contributed by atoms with Gasteiger partial charge in [-0.25, -0.2) is 19.2 Å². The fourth-order valence-electron chi connectivity index (χ4n) is 4.03. The quantitative estimate of drug-likeness (QED) is 0.274. The third kappa shape index (κ3) is 6.29. The fraction of sp³-hybridized carbons (Fsp3) is 0.304. The molecule has 0 bridgehead atoms. The molecule has 0 aliphatic rings. The molecule has 0 radical (unpaired) electrons. The average Bonchev–Trinajstić information content (AvgIpc) is 2.90. The van der Waals surface area contributed by atoms with Crippen molar-refractivity contribution in [2.45, 2.75) is 44.7 Å². The molecule has 0 saturated carbocycles. The van der Waals surface area contributed by atoms with E-state index in [-0.39, 0.29) is 39.9 Å². The number of nitrogens with zero attached hydrogens (tertiary/aromatic N) is 5. The highest BCUT2D eigenvalue weighted by atomic mass is 32.2. The number of hydrogen-bond donors (Lipinski definition) is 2. The van der Waals surface area contributed by atoms with Gasteiger partial charge in [0.15, 0.2) is 18.2 Å². The summed E-state index contributed by atoms with van der Waals surface area (Å²) in [6.45, 7) is 1.23. The molecule has 4 rings (SSSR count). The van der Waals surface area contributed by atoms with Gasteiger partial charge in [-0.1, -0.05) is 0 Å². The predicted octanol–water partition coefficient (Wildman–Crippen LogP) is 4.54. The summed E-state index contributed by atoms with van der Waals surface area (Å²) in [6.07, 6.45) is -8.12. The molecule has 10 nitrogen and oxygen atoms in total. The van der Waals surface area contributed by atoms with Gasteiger partial charge in [0.05, 0.1) is 33.9 Å². The van der Waals surface area contributed by atoms with Gasteiger partial charge >= 0.3 is 18.0 Å². The number of anilines is 1. The van der Waals surface area contributed by atoms with Gasteiger partial charge in [0.2, 0.25) is 0 Å². The first-order chi connectivity index (χ1) is 19.6. The maximum Gasteiger partial charge on any atom is 0.423 e. The summed E-state index contributed by atoms with van der Waals surface area (Å²) < 4.78 is 107. The van der Waals surface area contributed by atoms with Gasteiger partial charge in [0.25, 0.3) is 11.1 Å². The van der Waals surface area contributed by atoms with Gasteiger partial charge in [-0.05, 0) is 31.9 Å². The van der Waals surface area contributed by atoms with Crippen LogP contribution in [0, 0.1) is 5.82 Å². The van der Waals surface area contributed by atoms with Crippen molar-refractivity contribution in [1.29, 1.82) is 0 Å². The first-order valence-electron chi connectivity index (χ1n) is 11.7. The third-order valence-corrected chi connectivity index (χ3v) is 6.40. The van der Waals surface area contributed by atoms with Gasteiger partial charge in [0.1, 0.15) is 11.4 Å². The molecule has 0 unspecified atom stereocenters. The number of hydrogen-bond acceptors (Lipinski definition) is 8. The number of halogens is 8. The standard InChI is InChI=1S/C23H17F8N7O3S/c1-10(35-16-9-34-38(42-31)20(40)17(16)23(28,29)30)3-2-4-37-19(39)13-5-14(24)12(6-15(13)36-21(37)41)18-32-7-11(8-33-18)22(25,26)27/h5-10,35H,2-4H2,1H3,(H,36,41)/t10-/m0/s1. The van der Waals surface area contributed by atoms with Gasteiger partial charge < -0.3 is 10.3 Å². The van der Waals surface area contributed by atoms with Crippen LogP contribution in [0.5, 0.6) is 0 Å². The Labute approximate surface area is 232 Å². The Balaban J connectivity index is 1.52. The minimum atomic E-state index is -5.11. The molecule has 3 heterocycles. The molecule has 19 heteroatoms. The second-order valence-corrected chi connectivity index (χ2v) is 9.41. The molecule has 2 N–H and O–H groups in total. The van der Waals surface area contributed by atoms with Gasteiger partial charge in [0, 0.05) is 25.0 Å². The summed E-state index contributed by atoms with van der Waals surface area (Å²) in [7, 11) is 0. The molecular formula is C23H17F8N7O3S. The molecule has 3 aromatic heterocycles. The lowest BCUT2D eigenvalue weighted by atomic mass is 10.1. The smallest absolute Gasteiger partial charge is 0.381 e. The summed E-state index contributed by atoms with van der Waals surface area (Å²) in [5, 5.41) is 5.51. The Bertz CT molecular complexity index is 1800. The van der Waals surface area contributed by atoms with Gasteiger partial charge in [-0.3, -0.25) is 14.2 Å². The van der Waals surface area contributed by atoms with Crippen molar-refractivity contribution in [2.24, 2.45) is 0 Å². The first kappa shape index (κ1) is 30.7. The van der Waals surface area contributed by atoms with E-state index in [1.54, 1.807) is 0 Å². The Morgan fingerprint density at radius 1 is 1.00 bits per heavy atom. The van der Waals surface area contributed by atoms with Crippen molar-refractivity contribution in [3.63, 3.8) is 0 Å². The molecule has 0 fully saturated rings. The normalized spacial score (nSPS) is 13.0. The zero-order valence-corrected chi connectivity index (χ0v) is 21.8.